The number of likely N-dealkylation sites (N-methyl/N-ethyl adjacent to an activating group) is 2. The van der Waals surface area contributed by atoms with Crippen molar-refractivity contribution in [2.45, 2.75) is 12.5 Å². The molecule has 0 bridgehead atoms. The summed E-state index contributed by atoms with van der Waals surface area (Å²) < 4.78 is 0. The Morgan fingerprint density at radius 1 is 1.50 bits per heavy atom. The molecule has 1 saturated heterocycles. The Hall–Kier alpha value is -1.62. The quantitative estimate of drug-likeness (QED) is 0.826. The molecular weight excluding hydrogens is 246 g/mol. The number of rotatable bonds is 3. The van der Waals surface area contributed by atoms with E-state index in [0.717, 1.165) is 24.2 Å². The number of nitrogens with zero attached hydrogens (tertiary/aromatic N) is 2. The molecule has 5 heteroatoms. The van der Waals surface area contributed by atoms with Gasteiger partial charge in [0.15, 0.2) is 0 Å². The van der Waals surface area contributed by atoms with Crippen LogP contribution < -0.4 is 10.6 Å². The molecular formula is C13H17N3OS. The first kappa shape index (κ1) is 12.8. The lowest BCUT2D eigenvalue weighted by Crippen LogP contribution is -2.39. The highest BCUT2D eigenvalue weighted by atomic mass is 32.1. The molecule has 0 aliphatic carbocycles. The maximum atomic E-state index is 12.0. The van der Waals surface area contributed by atoms with Crippen LogP contribution in [0, 0.1) is 0 Å². The SMILES string of the molecule is CN1CCC(N(C)c2ccccc2C(N)=S)C1=O. The Bertz CT molecular complexity index is 489. The van der Waals surface area contributed by atoms with Crippen LogP contribution >= 0.6 is 12.2 Å². The molecule has 1 aromatic carbocycles. The summed E-state index contributed by atoms with van der Waals surface area (Å²) in [5.41, 5.74) is 7.45. The smallest absolute Gasteiger partial charge is 0.245 e. The lowest BCUT2D eigenvalue weighted by molar-refractivity contribution is -0.127. The van der Waals surface area contributed by atoms with Crippen molar-refractivity contribution in [3.8, 4) is 0 Å². The van der Waals surface area contributed by atoms with Crippen molar-refractivity contribution >= 4 is 28.8 Å². The summed E-state index contributed by atoms with van der Waals surface area (Å²) in [6, 6.07) is 7.54. The monoisotopic (exact) mass is 263 g/mol. The number of nitrogens with two attached hydrogens (primary N) is 1. The van der Waals surface area contributed by atoms with Crippen molar-refractivity contribution in [2.75, 3.05) is 25.5 Å². The zero-order chi connectivity index (χ0) is 13.3. The van der Waals surface area contributed by atoms with Gasteiger partial charge in [0.05, 0.1) is 0 Å². The molecule has 18 heavy (non-hydrogen) atoms. The van der Waals surface area contributed by atoms with E-state index in [2.05, 4.69) is 0 Å². The average molecular weight is 263 g/mol. The van der Waals surface area contributed by atoms with Crippen molar-refractivity contribution in [3.05, 3.63) is 29.8 Å². The standard InChI is InChI=1S/C13H17N3OS/c1-15-8-7-11(13(15)17)16(2)10-6-4-3-5-9(10)12(14)18/h3-6,11H,7-8H2,1-2H3,(H2,14,18). The molecule has 1 amide bonds. The van der Waals surface area contributed by atoms with Crippen molar-refractivity contribution in [2.24, 2.45) is 5.73 Å². The van der Waals surface area contributed by atoms with Crippen LogP contribution in [0.1, 0.15) is 12.0 Å². The number of benzene rings is 1. The molecule has 1 aliphatic heterocycles. The van der Waals surface area contributed by atoms with Gasteiger partial charge in [-0.3, -0.25) is 4.79 Å². The summed E-state index contributed by atoms with van der Waals surface area (Å²) in [6.45, 7) is 0.795. The summed E-state index contributed by atoms with van der Waals surface area (Å²) in [7, 11) is 3.74. The van der Waals surface area contributed by atoms with Crippen LogP contribution in [0.4, 0.5) is 5.69 Å². The molecule has 1 aliphatic rings. The molecule has 1 heterocycles. The molecule has 1 fully saturated rings. The van der Waals surface area contributed by atoms with E-state index in [1.807, 2.05) is 43.3 Å². The largest absolute Gasteiger partial charge is 0.389 e. The summed E-state index contributed by atoms with van der Waals surface area (Å²) in [5, 5.41) is 0. The molecule has 4 nitrogen and oxygen atoms in total. The molecule has 1 aromatic rings. The van der Waals surface area contributed by atoms with Gasteiger partial charge in [0, 0.05) is 31.9 Å². The van der Waals surface area contributed by atoms with Gasteiger partial charge in [0.2, 0.25) is 5.91 Å². The Kier molecular flexibility index (Phi) is 3.52. The third-order valence-corrected chi connectivity index (χ3v) is 3.64. The summed E-state index contributed by atoms with van der Waals surface area (Å²) in [5.74, 6) is 0.148. The van der Waals surface area contributed by atoms with Crippen molar-refractivity contribution in [1.29, 1.82) is 0 Å². The van der Waals surface area contributed by atoms with Gasteiger partial charge in [-0.25, -0.2) is 0 Å². The van der Waals surface area contributed by atoms with E-state index in [4.69, 9.17) is 18.0 Å². The number of carbonyl (C=O) groups excluding carboxylic acids is 1. The second kappa shape index (κ2) is 4.94. The Balaban J connectivity index is 2.32. The first-order valence-electron chi connectivity index (χ1n) is 5.89. The molecule has 2 N–H and O–H groups in total. The van der Waals surface area contributed by atoms with E-state index in [-0.39, 0.29) is 11.9 Å². The zero-order valence-electron chi connectivity index (χ0n) is 10.6. The van der Waals surface area contributed by atoms with Crippen LogP contribution in [0.15, 0.2) is 24.3 Å². The molecule has 2 rings (SSSR count). The zero-order valence-corrected chi connectivity index (χ0v) is 11.4. The Morgan fingerprint density at radius 2 is 2.17 bits per heavy atom. The van der Waals surface area contributed by atoms with Crippen LogP contribution in [0.2, 0.25) is 0 Å². The third kappa shape index (κ3) is 2.18. The first-order chi connectivity index (χ1) is 8.52. The molecule has 0 aromatic heterocycles. The fraction of sp³-hybridized carbons (Fsp3) is 0.385. The first-order valence-corrected chi connectivity index (χ1v) is 6.30. The van der Waals surface area contributed by atoms with Crippen molar-refractivity contribution < 1.29 is 4.79 Å². The van der Waals surface area contributed by atoms with Crippen LogP contribution in [-0.2, 0) is 4.79 Å². The Morgan fingerprint density at radius 3 is 2.72 bits per heavy atom. The number of thiocarbonyl (C=S) groups is 1. The van der Waals surface area contributed by atoms with Crippen LogP contribution in [0.3, 0.4) is 0 Å². The predicted molar refractivity (Wildman–Crippen MR) is 76.8 cm³/mol. The average Bonchev–Trinajstić information content (AvgIpc) is 2.69. The van der Waals surface area contributed by atoms with Gasteiger partial charge in [-0.2, -0.15) is 0 Å². The van der Waals surface area contributed by atoms with Gasteiger partial charge in [0.1, 0.15) is 11.0 Å². The second-order valence-corrected chi connectivity index (χ2v) is 5.00. The highest BCUT2D eigenvalue weighted by Gasteiger charge is 2.33. The number of para-hydroxylation sites is 1. The minimum atomic E-state index is -0.120. The number of likely N-dealkylation sites (tertiary alicyclic amines) is 1. The number of hydrogen-bond donors (Lipinski definition) is 1. The van der Waals surface area contributed by atoms with E-state index >= 15 is 0 Å². The van der Waals surface area contributed by atoms with Crippen LogP contribution in [0.25, 0.3) is 0 Å². The summed E-state index contributed by atoms with van der Waals surface area (Å²) >= 11 is 5.05. The highest BCUT2D eigenvalue weighted by Crippen LogP contribution is 2.25. The minimum absolute atomic E-state index is 0.120. The van der Waals surface area contributed by atoms with E-state index in [1.54, 1.807) is 4.90 Å². The molecule has 1 unspecified atom stereocenters. The number of anilines is 1. The van der Waals surface area contributed by atoms with Gasteiger partial charge in [-0.1, -0.05) is 24.4 Å². The highest BCUT2D eigenvalue weighted by molar-refractivity contribution is 7.80. The maximum Gasteiger partial charge on any atom is 0.245 e. The van der Waals surface area contributed by atoms with Crippen LogP contribution in [0.5, 0.6) is 0 Å². The van der Waals surface area contributed by atoms with E-state index in [9.17, 15) is 4.79 Å². The minimum Gasteiger partial charge on any atom is -0.389 e. The lowest BCUT2D eigenvalue weighted by Gasteiger charge is -2.27. The fourth-order valence-corrected chi connectivity index (χ4v) is 2.49. The molecule has 0 radical (unpaired) electrons. The van der Waals surface area contributed by atoms with Gasteiger partial charge >= 0.3 is 0 Å². The topological polar surface area (TPSA) is 49.6 Å². The van der Waals surface area contributed by atoms with E-state index in [1.165, 1.54) is 0 Å². The number of amides is 1. The fourth-order valence-electron chi connectivity index (χ4n) is 2.32. The molecule has 1 atom stereocenters. The summed E-state index contributed by atoms with van der Waals surface area (Å²) in [4.78, 5) is 16.1. The van der Waals surface area contributed by atoms with E-state index < -0.39 is 0 Å². The predicted octanol–water partition coefficient (Wildman–Crippen LogP) is 0.988. The normalized spacial score (nSPS) is 19.1. The number of carbonyl (C=O) groups is 1. The molecule has 0 saturated carbocycles. The maximum absolute atomic E-state index is 12.0. The van der Waals surface area contributed by atoms with Crippen LogP contribution in [-0.4, -0.2) is 42.5 Å². The lowest BCUT2D eigenvalue weighted by atomic mass is 10.1. The van der Waals surface area contributed by atoms with Gasteiger partial charge in [-0.15, -0.1) is 0 Å². The molecule has 0 spiro atoms. The van der Waals surface area contributed by atoms with Crippen molar-refractivity contribution in [1.82, 2.24) is 4.90 Å². The Labute approximate surface area is 112 Å². The third-order valence-electron chi connectivity index (χ3n) is 3.42. The van der Waals surface area contributed by atoms with Crippen molar-refractivity contribution in [3.63, 3.8) is 0 Å². The van der Waals surface area contributed by atoms with Gasteiger partial charge in [0.25, 0.3) is 0 Å². The second-order valence-electron chi connectivity index (χ2n) is 4.56. The number of hydrogen-bond acceptors (Lipinski definition) is 3. The van der Waals surface area contributed by atoms with E-state index in [0.29, 0.717) is 4.99 Å². The summed E-state index contributed by atoms with van der Waals surface area (Å²) in [6.07, 6.45) is 0.831. The van der Waals surface area contributed by atoms with Gasteiger partial charge in [-0.05, 0) is 18.6 Å². The molecule has 96 valence electrons. The van der Waals surface area contributed by atoms with Gasteiger partial charge < -0.3 is 15.5 Å².